The van der Waals surface area contributed by atoms with E-state index < -0.39 is 0 Å². The van der Waals surface area contributed by atoms with Crippen molar-refractivity contribution in [2.75, 3.05) is 75.9 Å². The van der Waals surface area contributed by atoms with Gasteiger partial charge in [-0.25, -0.2) is 0 Å². The van der Waals surface area contributed by atoms with E-state index in [4.69, 9.17) is 21.1 Å². The molecule has 0 spiro atoms. The summed E-state index contributed by atoms with van der Waals surface area (Å²) in [6, 6.07) is 15.4. The number of hydrogen-bond acceptors (Lipinski definition) is 6. The minimum atomic E-state index is -0.170. The van der Waals surface area contributed by atoms with E-state index in [1.165, 1.54) is 5.69 Å². The molecule has 1 unspecified atom stereocenters. The molecule has 2 saturated heterocycles. The standard InChI is InChI=1S/C25H33ClN4O3/c1-20(25(31)27-22-4-6-23(7-5-22)30-15-17-32-18-16-30)29-12-10-28(11-13-29)14-19-33-24-8-2-21(26)3-9-24/h2-9,20H,10-19H2,1H3,(H,27,31). The van der Waals surface area contributed by atoms with Crippen LogP contribution in [-0.4, -0.2) is 87.4 Å². The predicted octanol–water partition coefficient (Wildman–Crippen LogP) is 3.20. The second-order valence-electron chi connectivity index (χ2n) is 8.49. The van der Waals surface area contributed by atoms with Crippen molar-refractivity contribution in [2.45, 2.75) is 13.0 Å². The zero-order chi connectivity index (χ0) is 23.0. The number of piperazine rings is 1. The molecular formula is C25H33ClN4O3. The van der Waals surface area contributed by atoms with Crippen LogP contribution >= 0.6 is 11.6 Å². The minimum Gasteiger partial charge on any atom is -0.492 e. The van der Waals surface area contributed by atoms with Crippen LogP contribution in [0.2, 0.25) is 5.02 Å². The Balaban J connectivity index is 1.17. The molecule has 7 nitrogen and oxygen atoms in total. The number of anilines is 2. The van der Waals surface area contributed by atoms with Crippen molar-refractivity contribution in [3.8, 4) is 5.75 Å². The molecule has 2 aromatic carbocycles. The molecule has 2 heterocycles. The third-order valence-electron chi connectivity index (χ3n) is 6.34. The highest BCUT2D eigenvalue weighted by Gasteiger charge is 2.25. The normalized spacial score (nSPS) is 18.7. The summed E-state index contributed by atoms with van der Waals surface area (Å²) in [5.74, 6) is 0.870. The van der Waals surface area contributed by atoms with Crippen LogP contribution in [0.3, 0.4) is 0 Å². The molecule has 0 aliphatic carbocycles. The lowest BCUT2D eigenvalue weighted by atomic mass is 10.2. The van der Waals surface area contributed by atoms with Crippen molar-refractivity contribution >= 4 is 28.9 Å². The Kier molecular flexibility index (Phi) is 8.45. The van der Waals surface area contributed by atoms with Crippen LogP contribution in [0.25, 0.3) is 0 Å². The fourth-order valence-electron chi connectivity index (χ4n) is 4.19. The number of nitrogens with one attached hydrogen (secondary N) is 1. The monoisotopic (exact) mass is 472 g/mol. The Hall–Kier alpha value is -2.32. The van der Waals surface area contributed by atoms with E-state index in [-0.39, 0.29) is 11.9 Å². The van der Waals surface area contributed by atoms with Gasteiger partial charge in [0.05, 0.1) is 19.3 Å². The maximum Gasteiger partial charge on any atom is 0.241 e. The van der Waals surface area contributed by atoms with Gasteiger partial charge in [0.1, 0.15) is 12.4 Å². The molecule has 0 radical (unpaired) electrons. The first-order valence-electron chi connectivity index (χ1n) is 11.7. The Morgan fingerprint density at radius 2 is 1.67 bits per heavy atom. The highest BCUT2D eigenvalue weighted by Crippen LogP contribution is 2.20. The third kappa shape index (κ3) is 6.84. The van der Waals surface area contributed by atoms with Crippen molar-refractivity contribution < 1.29 is 14.3 Å². The van der Waals surface area contributed by atoms with Gasteiger partial charge in [-0.1, -0.05) is 11.6 Å². The largest absolute Gasteiger partial charge is 0.492 e. The summed E-state index contributed by atoms with van der Waals surface area (Å²) >= 11 is 5.91. The molecule has 1 N–H and O–H groups in total. The lowest BCUT2D eigenvalue weighted by Crippen LogP contribution is -2.53. The van der Waals surface area contributed by atoms with Crippen molar-refractivity contribution in [3.63, 3.8) is 0 Å². The summed E-state index contributed by atoms with van der Waals surface area (Å²) in [5, 5.41) is 3.78. The second-order valence-corrected chi connectivity index (χ2v) is 8.93. The molecule has 2 fully saturated rings. The number of ether oxygens (including phenoxy) is 2. The van der Waals surface area contributed by atoms with Gasteiger partial charge in [0, 0.05) is 62.2 Å². The average molecular weight is 473 g/mol. The van der Waals surface area contributed by atoms with Crippen LogP contribution in [0.4, 0.5) is 11.4 Å². The lowest BCUT2D eigenvalue weighted by molar-refractivity contribution is -0.121. The predicted molar refractivity (Wildman–Crippen MR) is 133 cm³/mol. The number of rotatable bonds is 8. The summed E-state index contributed by atoms with van der Waals surface area (Å²) in [5.41, 5.74) is 2.00. The Labute approximate surface area is 201 Å². The highest BCUT2D eigenvalue weighted by molar-refractivity contribution is 6.30. The SMILES string of the molecule is CC(C(=O)Nc1ccc(N2CCOCC2)cc1)N1CCN(CCOc2ccc(Cl)cc2)CC1. The number of hydrogen-bond donors (Lipinski definition) is 1. The van der Waals surface area contributed by atoms with Gasteiger partial charge in [-0.3, -0.25) is 14.6 Å². The number of carbonyl (C=O) groups is 1. The van der Waals surface area contributed by atoms with Gasteiger partial charge in [0.2, 0.25) is 5.91 Å². The first-order valence-corrected chi connectivity index (χ1v) is 12.0. The average Bonchev–Trinajstić information content (AvgIpc) is 2.86. The highest BCUT2D eigenvalue weighted by atomic mass is 35.5. The van der Waals surface area contributed by atoms with Gasteiger partial charge in [-0.2, -0.15) is 0 Å². The molecule has 0 saturated carbocycles. The summed E-state index contributed by atoms with van der Waals surface area (Å²) in [7, 11) is 0. The topological polar surface area (TPSA) is 57.3 Å². The second kappa shape index (κ2) is 11.7. The molecule has 0 aromatic heterocycles. The van der Waals surface area contributed by atoms with Crippen molar-refractivity contribution in [2.24, 2.45) is 0 Å². The molecule has 2 aliphatic rings. The Morgan fingerprint density at radius 1 is 1.00 bits per heavy atom. The number of carbonyl (C=O) groups excluding carboxylic acids is 1. The van der Waals surface area contributed by atoms with Crippen molar-refractivity contribution in [3.05, 3.63) is 53.6 Å². The van der Waals surface area contributed by atoms with Crippen molar-refractivity contribution in [1.82, 2.24) is 9.80 Å². The summed E-state index contributed by atoms with van der Waals surface area (Å²) in [6.07, 6.45) is 0. The number of morpholine rings is 1. The van der Waals surface area contributed by atoms with Gasteiger partial charge in [-0.05, 0) is 55.5 Å². The van der Waals surface area contributed by atoms with E-state index in [0.717, 1.165) is 70.5 Å². The molecule has 4 rings (SSSR count). The zero-order valence-electron chi connectivity index (χ0n) is 19.2. The maximum absolute atomic E-state index is 12.8. The summed E-state index contributed by atoms with van der Waals surface area (Å²) in [6.45, 7) is 10.4. The minimum absolute atomic E-state index is 0.0358. The quantitative estimate of drug-likeness (QED) is 0.636. The van der Waals surface area contributed by atoms with Gasteiger partial charge in [0.15, 0.2) is 0 Å². The fraction of sp³-hybridized carbons (Fsp3) is 0.480. The fourth-order valence-corrected chi connectivity index (χ4v) is 4.31. The maximum atomic E-state index is 12.8. The summed E-state index contributed by atoms with van der Waals surface area (Å²) in [4.78, 5) is 19.7. The van der Waals surface area contributed by atoms with Gasteiger partial charge >= 0.3 is 0 Å². The van der Waals surface area contributed by atoms with Crippen LogP contribution in [0.1, 0.15) is 6.92 Å². The number of amides is 1. The van der Waals surface area contributed by atoms with E-state index in [0.29, 0.717) is 11.6 Å². The van der Waals surface area contributed by atoms with E-state index in [2.05, 4.69) is 32.1 Å². The van der Waals surface area contributed by atoms with E-state index in [1.807, 2.05) is 43.3 Å². The molecule has 2 aromatic rings. The van der Waals surface area contributed by atoms with Gasteiger partial charge in [0.25, 0.3) is 0 Å². The summed E-state index contributed by atoms with van der Waals surface area (Å²) < 4.78 is 11.2. The Bertz CT molecular complexity index is 880. The van der Waals surface area contributed by atoms with Crippen LogP contribution in [0, 0.1) is 0 Å². The molecule has 1 atom stereocenters. The molecule has 8 heteroatoms. The Morgan fingerprint density at radius 3 is 2.33 bits per heavy atom. The van der Waals surface area contributed by atoms with Crippen molar-refractivity contribution in [1.29, 1.82) is 0 Å². The number of halogens is 1. The molecular weight excluding hydrogens is 440 g/mol. The molecule has 1 amide bonds. The molecule has 178 valence electrons. The number of nitrogens with zero attached hydrogens (tertiary/aromatic N) is 3. The smallest absolute Gasteiger partial charge is 0.241 e. The lowest BCUT2D eigenvalue weighted by Gasteiger charge is -2.37. The van der Waals surface area contributed by atoms with E-state index >= 15 is 0 Å². The van der Waals surface area contributed by atoms with E-state index in [1.54, 1.807) is 0 Å². The molecule has 2 aliphatic heterocycles. The first kappa shape index (κ1) is 23.8. The van der Waals surface area contributed by atoms with Crippen LogP contribution in [0.15, 0.2) is 48.5 Å². The molecule has 33 heavy (non-hydrogen) atoms. The van der Waals surface area contributed by atoms with Crippen LogP contribution < -0.4 is 15.0 Å². The van der Waals surface area contributed by atoms with Crippen LogP contribution in [-0.2, 0) is 9.53 Å². The van der Waals surface area contributed by atoms with E-state index in [9.17, 15) is 4.79 Å². The van der Waals surface area contributed by atoms with Gasteiger partial charge < -0.3 is 19.7 Å². The first-order chi connectivity index (χ1) is 16.1. The third-order valence-corrected chi connectivity index (χ3v) is 6.59. The number of benzene rings is 2. The zero-order valence-corrected chi connectivity index (χ0v) is 20.0. The van der Waals surface area contributed by atoms with Crippen LogP contribution in [0.5, 0.6) is 5.75 Å². The van der Waals surface area contributed by atoms with Gasteiger partial charge in [-0.15, -0.1) is 0 Å². The molecule has 0 bridgehead atoms.